The average Bonchev–Trinajstić information content (AvgIpc) is 2.80. The van der Waals surface area contributed by atoms with Gasteiger partial charge in [0.1, 0.15) is 5.75 Å². The van der Waals surface area contributed by atoms with E-state index >= 15 is 0 Å². The molecule has 2 amide bonds. The number of carbonyl (C=O) groups excluding carboxylic acids is 2. The maximum Gasteiger partial charge on any atom is 0.501 e. The van der Waals surface area contributed by atoms with Gasteiger partial charge in [-0.25, -0.2) is 8.42 Å². The molecule has 0 saturated heterocycles. The number of alkyl halides is 3. The predicted molar refractivity (Wildman–Crippen MR) is 121 cm³/mol. The number of aryl methyl sites for hydroxylation is 1. The molecule has 0 atom stereocenters. The van der Waals surface area contributed by atoms with Crippen LogP contribution in [0.4, 0.5) is 24.5 Å². The first-order chi connectivity index (χ1) is 16.0. The number of anilines is 2. The molecule has 11 heteroatoms. The number of methoxy groups -OCH3 is 1. The van der Waals surface area contributed by atoms with Gasteiger partial charge in [-0.2, -0.15) is 13.2 Å². The van der Waals surface area contributed by atoms with E-state index in [0.717, 1.165) is 29.4 Å². The van der Waals surface area contributed by atoms with Crippen LogP contribution in [0, 0.1) is 6.92 Å². The second kappa shape index (κ2) is 11.3. The van der Waals surface area contributed by atoms with Gasteiger partial charge in [0.2, 0.25) is 6.41 Å². The Balaban J connectivity index is 0.000000242. The molecular formula is C23H21F3N2O5S. The Kier molecular flexibility index (Phi) is 8.79. The van der Waals surface area contributed by atoms with Gasteiger partial charge in [-0.1, -0.05) is 36.4 Å². The Hall–Kier alpha value is -3.86. The second-order valence-corrected chi connectivity index (χ2v) is 8.65. The fraction of sp³-hybridized carbons (Fsp3) is 0.130. The van der Waals surface area contributed by atoms with Crippen LogP contribution in [0.5, 0.6) is 5.75 Å². The number of amides is 2. The molecule has 0 unspecified atom stereocenters. The van der Waals surface area contributed by atoms with Crippen LogP contribution in [0.15, 0.2) is 77.7 Å². The van der Waals surface area contributed by atoms with Gasteiger partial charge in [-0.15, -0.1) is 0 Å². The summed E-state index contributed by atoms with van der Waals surface area (Å²) in [5.41, 5.74) is -3.01. The van der Waals surface area contributed by atoms with Gasteiger partial charge >= 0.3 is 5.51 Å². The van der Waals surface area contributed by atoms with E-state index in [2.05, 4.69) is 10.6 Å². The molecule has 0 aliphatic carbocycles. The average molecular weight is 494 g/mol. The van der Waals surface area contributed by atoms with Gasteiger partial charge in [0.15, 0.2) is 0 Å². The zero-order valence-corrected chi connectivity index (χ0v) is 18.9. The maximum absolute atomic E-state index is 12.2. The highest BCUT2D eigenvalue weighted by atomic mass is 32.2. The monoisotopic (exact) mass is 494 g/mol. The molecule has 0 saturated carbocycles. The van der Waals surface area contributed by atoms with Crippen molar-refractivity contribution in [2.45, 2.75) is 17.3 Å². The van der Waals surface area contributed by atoms with Gasteiger partial charge < -0.3 is 15.4 Å². The van der Waals surface area contributed by atoms with Crippen molar-refractivity contribution in [3.63, 3.8) is 0 Å². The molecule has 3 rings (SSSR count). The fourth-order valence-electron chi connectivity index (χ4n) is 2.69. The van der Waals surface area contributed by atoms with Crippen molar-refractivity contribution in [2.24, 2.45) is 0 Å². The lowest BCUT2D eigenvalue weighted by Gasteiger charge is -2.10. The molecule has 180 valence electrons. The van der Waals surface area contributed by atoms with Crippen molar-refractivity contribution in [2.75, 3.05) is 17.7 Å². The quantitative estimate of drug-likeness (QED) is 0.479. The van der Waals surface area contributed by atoms with E-state index in [-0.39, 0.29) is 18.0 Å². The molecule has 0 aliphatic rings. The molecule has 7 nitrogen and oxygen atoms in total. The lowest BCUT2D eigenvalue weighted by atomic mass is 10.1. The lowest BCUT2D eigenvalue weighted by Crippen LogP contribution is -2.23. The van der Waals surface area contributed by atoms with Crippen molar-refractivity contribution in [3.8, 4) is 5.75 Å². The zero-order chi connectivity index (χ0) is 25.4. The normalized spacial score (nSPS) is 11.0. The summed E-state index contributed by atoms with van der Waals surface area (Å²) >= 11 is 0. The predicted octanol–water partition coefficient (Wildman–Crippen LogP) is 4.80. The highest BCUT2D eigenvalue weighted by molar-refractivity contribution is 7.92. The van der Waals surface area contributed by atoms with Crippen molar-refractivity contribution in [1.29, 1.82) is 0 Å². The van der Waals surface area contributed by atoms with Crippen LogP contribution in [0.25, 0.3) is 0 Å². The number of hydrogen-bond acceptors (Lipinski definition) is 5. The van der Waals surface area contributed by atoms with E-state index < -0.39 is 20.2 Å². The van der Waals surface area contributed by atoms with Crippen LogP contribution in [0.2, 0.25) is 0 Å². The molecule has 0 radical (unpaired) electrons. The van der Waals surface area contributed by atoms with Crippen LogP contribution >= 0.6 is 0 Å². The van der Waals surface area contributed by atoms with Crippen molar-refractivity contribution < 1.29 is 35.9 Å². The molecule has 3 aromatic carbocycles. The number of hydrogen-bond donors (Lipinski definition) is 2. The van der Waals surface area contributed by atoms with E-state index in [1.54, 1.807) is 19.2 Å². The van der Waals surface area contributed by atoms with E-state index in [1.807, 2.05) is 43.3 Å². The summed E-state index contributed by atoms with van der Waals surface area (Å²) in [5, 5.41) is 4.94. The van der Waals surface area contributed by atoms with Gasteiger partial charge in [0.25, 0.3) is 15.7 Å². The number of halogens is 3. The van der Waals surface area contributed by atoms with Gasteiger partial charge in [-0.3, -0.25) is 9.59 Å². The third-order valence-corrected chi connectivity index (χ3v) is 5.90. The van der Waals surface area contributed by atoms with E-state index in [0.29, 0.717) is 11.3 Å². The van der Waals surface area contributed by atoms with Crippen LogP contribution in [-0.4, -0.2) is 33.4 Å². The SMILES string of the molecule is COc1ccccc1C(=O)Nc1ccccc1C.O=CNc1cccc(S(=O)(=O)C(F)(F)F)c1. The van der Waals surface area contributed by atoms with Gasteiger partial charge in [0, 0.05) is 11.4 Å². The van der Waals surface area contributed by atoms with Crippen molar-refractivity contribution in [3.05, 3.63) is 83.9 Å². The minimum absolute atomic E-state index is 0.0275. The first kappa shape index (κ1) is 26.4. The Morgan fingerprint density at radius 1 is 0.971 bits per heavy atom. The summed E-state index contributed by atoms with van der Waals surface area (Å²) in [6, 6.07) is 18.7. The van der Waals surface area contributed by atoms with Crippen molar-refractivity contribution in [1.82, 2.24) is 0 Å². The van der Waals surface area contributed by atoms with Gasteiger partial charge in [0.05, 0.1) is 17.6 Å². The Labute approximate surface area is 194 Å². The summed E-state index contributed by atoms with van der Waals surface area (Å²) < 4.78 is 63.6. The molecule has 0 fully saturated rings. The number of rotatable bonds is 6. The third kappa shape index (κ3) is 6.58. The molecule has 0 aromatic heterocycles. The summed E-state index contributed by atoms with van der Waals surface area (Å²) in [7, 11) is -3.82. The smallest absolute Gasteiger partial charge is 0.496 e. The highest BCUT2D eigenvalue weighted by Gasteiger charge is 2.46. The van der Waals surface area contributed by atoms with Crippen LogP contribution < -0.4 is 15.4 Å². The first-order valence-electron chi connectivity index (χ1n) is 9.63. The molecule has 34 heavy (non-hydrogen) atoms. The van der Waals surface area contributed by atoms with Crippen LogP contribution in [0.3, 0.4) is 0 Å². The Morgan fingerprint density at radius 3 is 2.24 bits per heavy atom. The topological polar surface area (TPSA) is 102 Å². The zero-order valence-electron chi connectivity index (χ0n) is 18.1. The number of nitrogens with one attached hydrogen (secondary N) is 2. The minimum atomic E-state index is -5.37. The largest absolute Gasteiger partial charge is 0.501 e. The number of benzene rings is 3. The summed E-state index contributed by atoms with van der Waals surface area (Å²) in [4.78, 5) is 21.3. The number of para-hydroxylation sites is 2. The van der Waals surface area contributed by atoms with Crippen LogP contribution in [-0.2, 0) is 14.6 Å². The van der Waals surface area contributed by atoms with Crippen LogP contribution in [0.1, 0.15) is 15.9 Å². The van der Waals surface area contributed by atoms with E-state index in [9.17, 15) is 31.2 Å². The molecule has 2 N–H and O–H groups in total. The summed E-state index contributed by atoms with van der Waals surface area (Å²) in [6.45, 7) is 1.96. The second-order valence-electron chi connectivity index (χ2n) is 6.71. The molecule has 0 spiro atoms. The van der Waals surface area contributed by atoms with E-state index in [4.69, 9.17) is 4.74 Å². The number of carbonyl (C=O) groups is 2. The Bertz CT molecular complexity index is 1260. The van der Waals surface area contributed by atoms with Crippen molar-refractivity contribution >= 4 is 33.5 Å². The highest BCUT2D eigenvalue weighted by Crippen LogP contribution is 2.31. The standard InChI is InChI=1S/C15H15NO2.C8H6F3NO3S/c1-11-7-3-5-9-13(11)16-15(17)12-8-4-6-10-14(12)18-2;9-8(10,11)16(14,15)7-3-1-2-6(4-7)12-5-13/h3-10H,1-2H3,(H,16,17);1-5H,(H,12,13). The lowest BCUT2D eigenvalue weighted by molar-refractivity contribution is -0.105. The fourth-order valence-corrected chi connectivity index (χ4v) is 3.50. The minimum Gasteiger partial charge on any atom is -0.496 e. The number of ether oxygens (including phenoxy) is 1. The molecular weight excluding hydrogens is 473 g/mol. The van der Waals surface area contributed by atoms with Gasteiger partial charge in [-0.05, 0) is 48.9 Å². The Morgan fingerprint density at radius 2 is 1.62 bits per heavy atom. The molecule has 3 aromatic rings. The van der Waals surface area contributed by atoms with E-state index in [1.165, 1.54) is 6.07 Å². The maximum atomic E-state index is 12.2. The molecule has 0 heterocycles. The first-order valence-corrected chi connectivity index (χ1v) is 11.1. The molecule has 0 bridgehead atoms. The summed E-state index contributed by atoms with van der Waals surface area (Å²) in [5.74, 6) is 0.408. The third-order valence-electron chi connectivity index (χ3n) is 4.42. The number of sulfone groups is 1. The summed E-state index contributed by atoms with van der Waals surface area (Å²) in [6.07, 6.45) is 0.235. The molecule has 0 aliphatic heterocycles.